The van der Waals surface area contributed by atoms with Gasteiger partial charge in [0.05, 0.1) is 11.5 Å². The first-order valence-electron chi connectivity index (χ1n) is 6.42. The fourth-order valence-electron chi connectivity index (χ4n) is 2.25. The van der Waals surface area contributed by atoms with Crippen molar-refractivity contribution < 1.29 is 22.4 Å². The first kappa shape index (κ1) is 14.1. The van der Waals surface area contributed by atoms with E-state index in [-0.39, 0.29) is 17.3 Å². The summed E-state index contributed by atoms with van der Waals surface area (Å²) in [5, 5.41) is 0. The maximum Gasteiger partial charge on any atom is 0.374 e. The van der Waals surface area contributed by atoms with E-state index in [4.69, 9.17) is 9.15 Å². The molecule has 1 aromatic rings. The molecule has 0 N–H and O–H groups in total. The molecule has 2 rings (SSSR count). The van der Waals surface area contributed by atoms with Gasteiger partial charge in [0.15, 0.2) is 9.84 Å². The summed E-state index contributed by atoms with van der Waals surface area (Å²) in [6, 6.07) is 1.64. The Labute approximate surface area is 112 Å². The van der Waals surface area contributed by atoms with E-state index in [1.807, 2.05) is 13.8 Å². The fraction of sp³-hybridized carbons (Fsp3) is 0.615. The van der Waals surface area contributed by atoms with Gasteiger partial charge in [-0.1, -0.05) is 6.92 Å². The predicted molar refractivity (Wildman–Crippen MR) is 69.9 cm³/mol. The molecule has 19 heavy (non-hydrogen) atoms. The van der Waals surface area contributed by atoms with Crippen molar-refractivity contribution in [3.63, 3.8) is 0 Å². The number of hydrogen-bond acceptors (Lipinski definition) is 5. The van der Waals surface area contributed by atoms with E-state index in [1.165, 1.54) is 0 Å². The van der Waals surface area contributed by atoms with E-state index in [0.29, 0.717) is 19.3 Å². The molecule has 0 unspecified atom stereocenters. The van der Waals surface area contributed by atoms with Crippen molar-refractivity contribution in [3.8, 4) is 0 Å². The molecule has 0 radical (unpaired) electrons. The Morgan fingerprint density at radius 2 is 2.26 bits per heavy atom. The number of esters is 1. The molecule has 1 saturated heterocycles. The Hall–Kier alpha value is -1.30. The molecular weight excluding hydrogens is 268 g/mol. The molecule has 0 saturated carbocycles. The molecule has 6 heteroatoms. The zero-order valence-corrected chi connectivity index (χ0v) is 12.0. The van der Waals surface area contributed by atoms with Gasteiger partial charge in [-0.2, -0.15) is 0 Å². The van der Waals surface area contributed by atoms with Gasteiger partial charge in [-0.15, -0.1) is 0 Å². The highest BCUT2D eigenvalue weighted by molar-refractivity contribution is 7.91. The normalized spacial score (nSPS) is 22.1. The minimum atomic E-state index is -3.08. The van der Waals surface area contributed by atoms with Gasteiger partial charge in [0.25, 0.3) is 0 Å². The van der Waals surface area contributed by atoms with Crippen LogP contribution in [0.25, 0.3) is 0 Å². The van der Waals surface area contributed by atoms with Crippen LogP contribution in [0, 0.1) is 6.92 Å². The second-order valence-corrected chi connectivity index (χ2v) is 7.08. The molecular formula is C13H18O5S. The average Bonchev–Trinajstić information content (AvgIpc) is 2.69. The van der Waals surface area contributed by atoms with Crippen LogP contribution in [0.4, 0.5) is 0 Å². The Kier molecular flexibility index (Phi) is 3.99. The number of sulfone groups is 1. The third kappa shape index (κ3) is 3.37. The van der Waals surface area contributed by atoms with E-state index in [9.17, 15) is 13.2 Å². The van der Waals surface area contributed by atoms with Crippen molar-refractivity contribution in [2.75, 3.05) is 11.5 Å². The number of carbonyl (C=O) groups excluding carboxylic acids is 1. The summed E-state index contributed by atoms with van der Waals surface area (Å²) in [5.41, 5.74) is 0.908. The van der Waals surface area contributed by atoms with Gasteiger partial charge in [0, 0.05) is 6.42 Å². The molecule has 1 fully saturated rings. The number of carbonyl (C=O) groups is 1. The van der Waals surface area contributed by atoms with Crippen molar-refractivity contribution in [2.24, 2.45) is 0 Å². The maximum absolute atomic E-state index is 11.9. The molecule has 1 aromatic heterocycles. The number of aryl methyl sites for hydroxylation is 2. The highest BCUT2D eigenvalue weighted by Gasteiger charge is 2.28. The Bertz CT molecular complexity index is 570. The van der Waals surface area contributed by atoms with Crippen molar-refractivity contribution in [3.05, 3.63) is 23.2 Å². The lowest BCUT2D eigenvalue weighted by atomic mass is 10.2. The lowest BCUT2D eigenvalue weighted by Crippen LogP contribution is -2.32. The van der Waals surface area contributed by atoms with E-state index in [0.717, 1.165) is 11.3 Å². The van der Waals surface area contributed by atoms with Gasteiger partial charge in [-0.3, -0.25) is 0 Å². The fourth-order valence-corrected chi connectivity index (χ4v) is 3.83. The lowest BCUT2D eigenvalue weighted by molar-refractivity contribution is 0.0286. The molecule has 0 amide bonds. The van der Waals surface area contributed by atoms with E-state index in [2.05, 4.69) is 0 Å². The summed E-state index contributed by atoms with van der Waals surface area (Å²) in [7, 11) is -3.08. The van der Waals surface area contributed by atoms with Crippen molar-refractivity contribution in [2.45, 2.75) is 39.2 Å². The zero-order chi connectivity index (χ0) is 14.0. The van der Waals surface area contributed by atoms with Crippen LogP contribution >= 0.6 is 0 Å². The average molecular weight is 286 g/mol. The Morgan fingerprint density at radius 3 is 2.84 bits per heavy atom. The van der Waals surface area contributed by atoms with Crippen LogP contribution in [0.1, 0.15) is 41.6 Å². The van der Waals surface area contributed by atoms with Gasteiger partial charge < -0.3 is 9.15 Å². The van der Waals surface area contributed by atoms with Crippen LogP contribution in [0.15, 0.2) is 10.5 Å². The summed E-state index contributed by atoms with van der Waals surface area (Å²) < 4.78 is 33.5. The zero-order valence-electron chi connectivity index (χ0n) is 11.1. The van der Waals surface area contributed by atoms with E-state index < -0.39 is 21.9 Å². The number of hydrogen-bond donors (Lipinski definition) is 0. The smallest absolute Gasteiger partial charge is 0.374 e. The third-order valence-corrected chi connectivity index (χ3v) is 5.03. The van der Waals surface area contributed by atoms with Gasteiger partial charge in [-0.25, -0.2) is 13.2 Å². The Morgan fingerprint density at radius 1 is 1.53 bits per heavy atom. The molecule has 0 spiro atoms. The highest BCUT2D eigenvalue weighted by Crippen LogP contribution is 2.20. The van der Waals surface area contributed by atoms with E-state index >= 15 is 0 Å². The summed E-state index contributed by atoms with van der Waals surface area (Å²) in [6.07, 6.45) is 1.28. The third-order valence-electron chi connectivity index (χ3n) is 3.24. The van der Waals surface area contributed by atoms with Crippen molar-refractivity contribution in [1.29, 1.82) is 0 Å². The minimum Gasteiger partial charge on any atom is -0.455 e. The molecule has 2 heterocycles. The van der Waals surface area contributed by atoms with Crippen LogP contribution < -0.4 is 0 Å². The summed E-state index contributed by atoms with van der Waals surface area (Å²) in [4.78, 5) is 11.9. The quantitative estimate of drug-likeness (QED) is 0.793. The van der Waals surface area contributed by atoms with Gasteiger partial charge in [-0.05, 0) is 31.4 Å². The van der Waals surface area contributed by atoms with Crippen LogP contribution in [-0.2, 0) is 21.0 Å². The van der Waals surface area contributed by atoms with Crippen LogP contribution in [-0.4, -0.2) is 32.0 Å². The molecule has 106 valence electrons. The van der Waals surface area contributed by atoms with E-state index in [1.54, 1.807) is 6.07 Å². The van der Waals surface area contributed by atoms with Gasteiger partial charge in [0.1, 0.15) is 11.9 Å². The Balaban J connectivity index is 2.04. The largest absolute Gasteiger partial charge is 0.455 e. The topological polar surface area (TPSA) is 73.6 Å². The second kappa shape index (κ2) is 5.36. The number of furan rings is 1. The van der Waals surface area contributed by atoms with Crippen molar-refractivity contribution >= 4 is 15.8 Å². The monoisotopic (exact) mass is 286 g/mol. The standard InChI is InChI=1S/C13H18O5S/c1-3-11-9(2)7-12(18-11)13(14)17-10-5-4-6-19(15,16)8-10/h7,10H,3-6,8H2,1-2H3/t10-/m0/s1. The first-order chi connectivity index (χ1) is 8.91. The molecule has 0 aromatic carbocycles. The van der Waals surface area contributed by atoms with Crippen LogP contribution in [0.3, 0.4) is 0 Å². The second-order valence-electron chi connectivity index (χ2n) is 4.85. The van der Waals surface area contributed by atoms with Gasteiger partial charge in [0.2, 0.25) is 5.76 Å². The molecule has 0 aliphatic carbocycles. The number of ether oxygens (including phenoxy) is 1. The molecule has 1 atom stereocenters. The molecule has 1 aliphatic rings. The highest BCUT2D eigenvalue weighted by atomic mass is 32.2. The summed E-state index contributed by atoms with van der Waals surface area (Å²) in [6.45, 7) is 3.80. The summed E-state index contributed by atoms with van der Waals surface area (Å²) >= 11 is 0. The van der Waals surface area contributed by atoms with Crippen molar-refractivity contribution in [1.82, 2.24) is 0 Å². The lowest BCUT2D eigenvalue weighted by Gasteiger charge is -2.21. The molecule has 1 aliphatic heterocycles. The number of rotatable bonds is 3. The summed E-state index contributed by atoms with van der Waals surface area (Å²) in [5.74, 6) is 0.422. The minimum absolute atomic E-state index is 0.0843. The predicted octanol–water partition coefficient (Wildman–Crippen LogP) is 1.88. The maximum atomic E-state index is 11.9. The molecule has 5 nitrogen and oxygen atoms in total. The van der Waals surface area contributed by atoms with Crippen LogP contribution in [0.2, 0.25) is 0 Å². The first-order valence-corrected chi connectivity index (χ1v) is 8.24. The molecule has 0 bridgehead atoms. The SMILES string of the molecule is CCc1oc(C(=O)O[C@H]2CCCS(=O)(=O)C2)cc1C. The van der Waals surface area contributed by atoms with Crippen LogP contribution in [0.5, 0.6) is 0 Å². The van der Waals surface area contributed by atoms with Gasteiger partial charge >= 0.3 is 5.97 Å².